The van der Waals surface area contributed by atoms with Crippen LogP contribution in [0.2, 0.25) is 10.0 Å². The Morgan fingerprint density at radius 3 is 2.41 bits per heavy atom. The first-order valence-electron chi connectivity index (χ1n) is 8.50. The third-order valence-electron chi connectivity index (χ3n) is 3.64. The predicted octanol–water partition coefficient (Wildman–Crippen LogP) is 4.51. The number of halogens is 3. The van der Waals surface area contributed by atoms with Gasteiger partial charge in [-0.1, -0.05) is 42.2 Å². The van der Waals surface area contributed by atoms with Crippen molar-refractivity contribution in [2.24, 2.45) is 4.99 Å². The fraction of sp³-hybridized carbons (Fsp3) is 0.444. The van der Waals surface area contributed by atoms with Gasteiger partial charge in [-0.05, 0) is 36.6 Å². The van der Waals surface area contributed by atoms with Crippen LogP contribution >= 0.6 is 47.2 Å². The molecule has 1 aromatic carbocycles. The van der Waals surface area contributed by atoms with Crippen LogP contribution in [-0.4, -0.2) is 29.3 Å². The highest BCUT2D eigenvalue weighted by Crippen LogP contribution is 2.23. The lowest BCUT2D eigenvalue weighted by atomic mass is 10.1. The highest BCUT2D eigenvalue weighted by molar-refractivity contribution is 14.0. The normalized spacial score (nSPS) is 12.6. The van der Waals surface area contributed by atoms with E-state index in [0.29, 0.717) is 46.3 Å². The van der Waals surface area contributed by atoms with Crippen molar-refractivity contribution in [1.29, 1.82) is 0 Å². The van der Waals surface area contributed by atoms with Crippen molar-refractivity contribution in [3.63, 3.8) is 0 Å². The summed E-state index contributed by atoms with van der Waals surface area (Å²) in [6, 6.07) is 6.90. The molecule has 0 aliphatic rings. The summed E-state index contributed by atoms with van der Waals surface area (Å²) in [4.78, 5) is 4.45. The van der Waals surface area contributed by atoms with E-state index in [1.54, 1.807) is 18.2 Å². The molecule has 2 rings (SSSR count). The van der Waals surface area contributed by atoms with Crippen molar-refractivity contribution < 1.29 is 9.63 Å². The second kappa shape index (κ2) is 11.7. The van der Waals surface area contributed by atoms with Gasteiger partial charge in [0.05, 0.1) is 11.8 Å². The minimum Gasteiger partial charge on any atom is -0.387 e. The molecule has 0 amide bonds. The molecule has 0 radical (unpaired) electrons. The maximum Gasteiger partial charge on any atom is 0.191 e. The summed E-state index contributed by atoms with van der Waals surface area (Å²) in [6.45, 7) is 7.39. The monoisotopic (exact) mass is 526 g/mol. The number of nitrogens with one attached hydrogen (secondary N) is 2. The maximum atomic E-state index is 10.3. The maximum absolute atomic E-state index is 10.3. The zero-order valence-electron chi connectivity index (χ0n) is 15.5. The number of hydrogen-bond acceptors (Lipinski definition) is 4. The van der Waals surface area contributed by atoms with Gasteiger partial charge < -0.3 is 20.3 Å². The first-order valence-corrected chi connectivity index (χ1v) is 9.26. The molecule has 3 N–H and O–H groups in total. The van der Waals surface area contributed by atoms with E-state index >= 15 is 0 Å². The van der Waals surface area contributed by atoms with Crippen molar-refractivity contribution in [1.82, 2.24) is 15.8 Å². The molecule has 0 saturated carbocycles. The van der Waals surface area contributed by atoms with E-state index in [4.69, 9.17) is 27.7 Å². The number of aliphatic imine (C=N–C) groups is 1. The summed E-state index contributed by atoms with van der Waals surface area (Å²) in [5.41, 5.74) is 1.55. The highest BCUT2D eigenvalue weighted by atomic mass is 127. The Morgan fingerprint density at radius 2 is 1.85 bits per heavy atom. The fourth-order valence-corrected chi connectivity index (χ4v) is 2.80. The Bertz CT molecular complexity index is 732. The van der Waals surface area contributed by atoms with Gasteiger partial charge in [-0.3, -0.25) is 0 Å². The number of aliphatic hydroxyl groups is 1. The summed E-state index contributed by atoms with van der Waals surface area (Å²) < 4.78 is 5.28. The van der Waals surface area contributed by atoms with E-state index in [0.717, 1.165) is 5.69 Å². The molecule has 0 spiro atoms. The van der Waals surface area contributed by atoms with Crippen LogP contribution < -0.4 is 10.6 Å². The molecular weight excluding hydrogens is 502 g/mol. The van der Waals surface area contributed by atoms with Crippen molar-refractivity contribution in [2.75, 3.05) is 13.1 Å². The van der Waals surface area contributed by atoms with Crippen LogP contribution in [0.1, 0.15) is 49.8 Å². The molecule has 0 fully saturated rings. The molecule has 150 valence electrons. The summed E-state index contributed by atoms with van der Waals surface area (Å²) in [5, 5.41) is 21.6. The highest BCUT2D eigenvalue weighted by Gasteiger charge is 2.11. The molecular formula is C18H25Cl2IN4O2. The Morgan fingerprint density at radius 1 is 1.19 bits per heavy atom. The molecule has 1 aromatic heterocycles. The number of rotatable bonds is 7. The van der Waals surface area contributed by atoms with E-state index in [1.807, 2.05) is 13.0 Å². The van der Waals surface area contributed by atoms with Gasteiger partial charge in [-0.15, -0.1) is 24.0 Å². The molecule has 9 heteroatoms. The molecule has 0 aliphatic carbocycles. The lowest BCUT2D eigenvalue weighted by molar-refractivity contribution is 0.181. The predicted molar refractivity (Wildman–Crippen MR) is 120 cm³/mol. The van der Waals surface area contributed by atoms with Gasteiger partial charge in [-0.25, -0.2) is 4.99 Å². The van der Waals surface area contributed by atoms with Crippen molar-refractivity contribution in [3.8, 4) is 0 Å². The molecule has 1 heterocycles. The second-order valence-electron chi connectivity index (χ2n) is 6.17. The molecule has 0 saturated heterocycles. The van der Waals surface area contributed by atoms with Crippen LogP contribution in [0.25, 0.3) is 0 Å². The van der Waals surface area contributed by atoms with Crippen molar-refractivity contribution >= 4 is 53.1 Å². The molecule has 0 aliphatic heterocycles. The number of guanidine groups is 1. The van der Waals surface area contributed by atoms with Crippen LogP contribution in [-0.2, 0) is 6.54 Å². The van der Waals surface area contributed by atoms with Crippen LogP contribution in [0.4, 0.5) is 0 Å². The average molecular weight is 527 g/mol. The molecule has 1 unspecified atom stereocenters. The van der Waals surface area contributed by atoms with E-state index in [9.17, 15) is 5.11 Å². The zero-order valence-corrected chi connectivity index (χ0v) is 19.3. The van der Waals surface area contributed by atoms with Gasteiger partial charge in [0.15, 0.2) is 11.7 Å². The smallest absolute Gasteiger partial charge is 0.191 e. The third kappa shape index (κ3) is 7.85. The van der Waals surface area contributed by atoms with Gasteiger partial charge in [0.2, 0.25) is 0 Å². The van der Waals surface area contributed by atoms with Gasteiger partial charge in [0.1, 0.15) is 6.54 Å². The number of aliphatic hydroxyl groups excluding tert-OH is 1. The largest absolute Gasteiger partial charge is 0.387 e. The van der Waals surface area contributed by atoms with E-state index in [2.05, 4.69) is 34.6 Å². The van der Waals surface area contributed by atoms with Gasteiger partial charge in [0, 0.05) is 29.2 Å². The minimum atomic E-state index is -0.770. The summed E-state index contributed by atoms with van der Waals surface area (Å²) in [5.74, 6) is 1.57. The Hall–Kier alpha value is -1.03. The quantitative estimate of drug-likeness (QED) is 0.281. The van der Waals surface area contributed by atoms with E-state index < -0.39 is 6.10 Å². The van der Waals surface area contributed by atoms with Crippen LogP contribution in [0.5, 0.6) is 0 Å². The number of benzene rings is 1. The summed E-state index contributed by atoms with van der Waals surface area (Å²) in [7, 11) is 0. The molecule has 1 atom stereocenters. The molecule has 0 bridgehead atoms. The first kappa shape index (κ1) is 24.0. The minimum absolute atomic E-state index is 0. The number of hydrogen-bond donors (Lipinski definition) is 3. The van der Waals surface area contributed by atoms with Crippen LogP contribution in [0.3, 0.4) is 0 Å². The topological polar surface area (TPSA) is 82.7 Å². The average Bonchev–Trinajstić information content (AvgIpc) is 3.05. The lowest BCUT2D eigenvalue weighted by Gasteiger charge is -2.16. The first-order chi connectivity index (χ1) is 12.4. The van der Waals surface area contributed by atoms with Crippen LogP contribution in [0, 0.1) is 0 Å². The lowest BCUT2D eigenvalue weighted by Crippen LogP contribution is -2.39. The van der Waals surface area contributed by atoms with Crippen molar-refractivity contribution in [2.45, 2.75) is 39.3 Å². The Labute approximate surface area is 186 Å². The van der Waals surface area contributed by atoms with Gasteiger partial charge in [-0.2, -0.15) is 0 Å². The Balaban J connectivity index is 0.00000364. The van der Waals surface area contributed by atoms with Crippen LogP contribution in [0.15, 0.2) is 33.8 Å². The van der Waals surface area contributed by atoms with E-state index in [1.165, 1.54) is 0 Å². The second-order valence-corrected chi connectivity index (χ2v) is 7.04. The van der Waals surface area contributed by atoms with Crippen molar-refractivity contribution in [3.05, 3.63) is 51.3 Å². The van der Waals surface area contributed by atoms with Gasteiger partial charge in [0.25, 0.3) is 0 Å². The molecule has 27 heavy (non-hydrogen) atoms. The fourth-order valence-electron chi connectivity index (χ4n) is 2.25. The zero-order chi connectivity index (χ0) is 19.1. The number of aromatic nitrogens is 1. The standard InChI is InChI=1S/C18H24Cl2N4O2.HI/c1-4-21-18(22-9-15-8-16(11(2)3)24-26-15)23-10-17(25)12-5-13(19)7-14(20)6-12;/h5-8,11,17,25H,4,9-10H2,1-3H3,(H2,21,22,23);1H. The number of nitrogens with zero attached hydrogens (tertiary/aromatic N) is 2. The summed E-state index contributed by atoms with van der Waals surface area (Å²) in [6.07, 6.45) is -0.770. The van der Waals surface area contributed by atoms with E-state index in [-0.39, 0.29) is 30.5 Å². The SMILES string of the molecule is CCNC(=NCc1cc(C(C)C)no1)NCC(O)c1cc(Cl)cc(Cl)c1.I. The summed E-state index contributed by atoms with van der Waals surface area (Å²) >= 11 is 12.0. The third-order valence-corrected chi connectivity index (χ3v) is 4.07. The molecule has 6 nitrogen and oxygen atoms in total. The Kier molecular flexibility index (Phi) is 10.4. The molecule has 2 aromatic rings. The van der Waals surface area contributed by atoms with Gasteiger partial charge >= 0.3 is 0 Å².